The summed E-state index contributed by atoms with van der Waals surface area (Å²) in [5, 5.41) is 12.1. The highest BCUT2D eigenvalue weighted by molar-refractivity contribution is 7.10. The minimum Gasteiger partial charge on any atom is -0.507 e. The van der Waals surface area contributed by atoms with Crippen molar-refractivity contribution >= 4 is 29.0 Å². The first-order chi connectivity index (χ1) is 10.3. The first-order valence-electron chi connectivity index (χ1n) is 6.80. The van der Waals surface area contributed by atoms with Crippen molar-refractivity contribution in [3.63, 3.8) is 0 Å². The van der Waals surface area contributed by atoms with E-state index in [9.17, 15) is 14.7 Å². The van der Waals surface area contributed by atoms with Gasteiger partial charge in [-0.1, -0.05) is 6.07 Å². The molecule has 0 saturated carbocycles. The third-order valence-electron chi connectivity index (χ3n) is 3.69. The number of ketones is 2. The Bertz CT molecular complexity index is 703. The highest BCUT2D eigenvalue weighted by atomic mass is 32.1. The summed E-state index contributed by atoms with van der Waals surface area (Å²) in [5.41, 5.74) is -0.747. The highest BCUT2D eigenvalue weighted by Crippen LogP contribution is 2.40. The number of ether oxygens (including phenoxy) is 1. The van der Waals surface area contributed by atoms with Crippen LogP contribution in [-0.2, 0) is 14.3 Å². The molecule has 0 radical (unpaired) electrons. The molecule has 2 rings (SSSR count). The van der Waals surface area contributed by atoms with E-state index in [2.05, 4.69) is 0 Å². The quantitative estimate of drug-likeness (QED) is 0.679. The maximum atomic E-state index is 12.6. The van der Waals surface area contributed by atoms with Gasteiger partial charge in [0.05, 0.1) is 12.5 Å². The lowest BCUT2D eigenvalue weighted by atomic mass is 9.74. The number of carbonyl (C=O) groups excluding carboxylic acids is 2. The summed E-state index contributed by atoms with van der Waals surface area (Å²) in [6, 6.07) is 3.74. The molecule has 22 heavy (non-hydrogen) atoms. The molecule has 1 aromatic rings. The summed E-state index contributed by atoms with van der Waals surface area (Å²) in [6.07, 6.45) is 2.95. The Morgan fingerprint density at radius 2 is 2.09 bits per heavy atom. The molecule has 0 spiro atoms. The number of hydrogen-bond acceptors (Lipinski definition) is 5. The second-order valence-electron chi connectivity index (χ2n) is 5.55. The van der Waals surface area contributed by atoms with E-state index in [1.165, 1.54) is 24.5 Å². The fraction of sp³-hybridized carbons (Fsp3) is 0.294. The van der Waals surface area contributed by atoms with Gasteiger partial charge in [-0.15, -0.1) is 11.3 Å². The minimum absolute atomic E-state index is 0.184. The van der Waals surface area contributed by atoms with E-state index in [1.54, 1.807) is 26.8 Å². The van der Waals surface area contributed by atoms with Crippen molar-refractivity contribution in [3.05, 3.63) is 51.1 Å². The van der Waals surface area contributed by atoms with Gasteiger partial charge in [0.1, 0.15) is 17.1 Å². The Hall–Kier alpha value is -2.14. The fourth-order valence-corrected chi connectivity index (χ4v) is 3.17. The summed E-state index contributed by atoms with van der Waals surface area (Å²) in [6.45, 7) is 5.00. The van der Waals surface area contributed by atoms with Crippen LogP contribution in [0.15, 0.2) is 46.3 Å². The van der Waals surface area contributed by atoms with E-state index in [-0.39, 0.29) is 11.3 Å². The van der Waals surface area contributed by atoms with Crippen LogP contribution in [0.3, 0.4) is 0 Å². The largest absolute Gasteiger partial charge is 0.507 e. The van der Waals surface area contributed by atoms with Gasteiger partial charge >= 0.3 is 0 Å². The third-order valence-corrected chi connectivity index (χ3v) is 4.53. The number of aliphatic hydroxyl groups is 1. The van der Waals surface area contributed by atoms with E-state index in [4.69, 9.17) is 4.74 Å². The Balaban J connectivity index is 2.44. The van der Waals surface area contributed by atoms with E-state index >= 15 is 0 Å². The molecule has 0 aromatic carbocycles. The molecule has 0 fully saturated rings. The Labute approximate surface area is 133 Å². The summed E-state index contributed by atoms with van der Waals surface area (Å²) in [4.78, 5) is 25.9. The van der Waals surface area contributed by atoms with Gasteiger partial charge in [0.25, 0.3) is 0 Å². The molecule has 116 valence electrons. The van der Waals surface area contributed by atoms with Gasteiger partial charge in [0, 0.05) is 10.5 Å². The van der Waals surface area contributed by atoms with E-state index in [0.717, 1.165) is 4.88 Å². The first-order valence-corrected chi connectivity index (χ1v) is 7.68. The molecule has 1 N–H and O–H groups in total. The van der Waals surface area contributed by atoms with Gasteiger partial charge in [-0.3, -0.25) is 9.59 Å². The van der Waals surface area contributed by atoms with Crippen molar-refractivity contribution in [1.29, 1.82) is 0 Å². The molecule has 5 heteroatoms. The molecule has 0 unspecified atom stereocenters. The Morgan fingerprint density at radius 1 is 1.41 bits per heavy atom. The van der Waals surface area contributed by atoms with E-state index in [1.807, 2.05) is 17.5 Å². The summed E-state index contributed by atoms with van der Waals surface area (Å²) in [5.74, 6) is -0.859. The van der Waals surface area contributed by atoms with Gasteiger partial charge in [-0.05, 0) is 44.4 Å². The summed E-state index contributed by atoms with van der Waals surface area (Å²) >= 11 is 1.49. The summed E-state index contributed by atoms with van der Waals surface area (Å²) in [7, 11) is 1.45. The van der Waals surface area contributed by atoms with Gasteiger partial charge < -0.3 is 9.84 Å². The molecule has 0 amide bonds. The Morgan fingerprint density at radius 3 is 2.64 bits per heavy atom. The maximum absolute atomic E-state index is 12.6. The van der Waals surface area contributed by atoms with Crippen LogP contribution in [0, 0.1) is 5.41 Å². The highest BCUT2D eigenvalue weighted by Gasteiger charge is 2.44. The number of thiophene rings is 1. The molecule has 1 aliphatic rings. The number of hydrogen-bond donors (Lipinski definition) is 1. The van der Waals surface area contributed by atoms with Crippen molar-refractivity contribution in [2.75, 3.05) is 7.11 Å². The lowest BCUT2D eigenvalue weighted by molar-refractivity contribution is -0.126. The van der Waals surface area contributed by atoms with Gasteiger partial charge in [-0.2, -0.15) is 0 Å². The zero-order valence-corrected chi connectivity index (χ0v) is 13.8. The molecule has 4 nitrogen and oxygen atoms in total. The zero-order chi connectivity index (χ0) is 16.5. The second kappa shape index (κ2) is 5.93. The second-order valence-corrected chi connectivity index (χ2v) is 6.53. The minimum atomic E-state index is -0.979. The number of Topliss-reactive ketones (excluding diaryl/α,β-unsaturated/α-hetero) is 1. The van der Waals surface area contributed by atoms with Gasteiger partial charge in [-0.25, -0.2) is 0 Å². The molecule has 0 atom stereocenters. The summed E-state index contributed by atoms with van der Waals surface area (Å²) < 4.78 is 5.24. The molecule has 0 saturated heterocycles. The number of rotatable bonds is 4. The van der Waals surface area contributed by atoms with Crippen LogP contribution < -0.4 is 0 Å². The van der Waals surface area contributed by atoms with Crippen LogP contribution in [0.5, 0.6) is 0 Å². The van der Waals surface area contributed by atoms with Crippen molar-refractivity contribution in [2.45, 2.75) is 20.8 Å². The van der Waals surface area contributed by atoms with Crippen molar-refractivity contribution < 1.29 is 19.4 Å². The predicted molar refractivity (Wildman–Crippen MR) is 86.5 cm³/mol. The van der Waals surface area contributed by atoms with Gasteiger partial charge in [0.15, 0.2) is 11.6 Å². The number of methoxy groups -OCH3 is 1. The molecule has 1 heterocycles. The van der Waals surface area contributed by atoms with E-state index < -0.39 is 17.0 Å². The predicted octanol–water partition coefficient (Wildman–Crippen LogP) is 3.67. The Kier molecular flexibility index (Phi) is 4.37. The fourth-order valence-electron chi connectivity index (χ4n) is 2.55. The van der Waals surface area contributed by atoms with Crippen LogP contribution >= 0.6 is 11.3 Å². The SMILES string of the molecule is COC1=C(C)C(O)=C(C(=O)/C=C/c2cccs2)C(=O)C1(C)C. The maximum Gasteiger partial charge on any atom is 0.193 e. The van der Waals surface area contributed by atoms with Crippen LogP contribution in [0.25, 0.3) is 6.08 Å². The standard InChI is InChI=1S/C17H18O4S/c1-10-14(19)13(15(20)17(2,3)16(10)21-4)12(18)8-7-11-6-5-9-22-11/h5-9,19H,1-4H3/b8-7+. The van der Waals surface area contributed by atoms with Crippen LogP contribution in [-0.4, -0.2) is 23.8 Å². The van der Waals surface area contributed by atoms with Crippen molar-refractivity contribution in [2.24, 2.45) is 5.41 Å². The zero-order valence-electron chi connectivity index (χ0n) is 13.0. The van der Waals surface area contributed by atoms with Crippen LogP contribution in [0.4, 0.5) is 0 Å². The topological polar surface area (TPSA) is 63.6 Å². The number of aliphatic hydroxyl groups excluding tert-OH is 1. The molecule has 1 aliphatic carbocycles. The molecule has 0 bridgehead atoms. The normalized spacial score (nSPS) is 18.3. The molecule has 1 aromatic heterocycles. The smallest absolute Gasteiger partial charge is 0.193 e. The lowest BCUT2D eigenvalue weighted by Gasteiger charge is -2.31. The monoisotopic (exact) mass is 318 g/mol. The molecular formula is C17H18O4S. The third kappa shape index (κ3) is 2.64. The van der Waals surface area contributed by atoms with Crippen molar-refractivity contribution in [3.8, 4) is 0 Å². The molecule has 0 aliphatic heterocycles. The average Bonchev–Trinajstić information content (AvgIpc) is 2.97. The molecular weight excluding hydrogens is 300 g/mol. The van der Waals surface area contributed by atoms with Crippen molar-refractivity contribution in [1.82, 2.24) is 0 Å². The average molecular weight is 318 g/mol. The van der Waals surface area contributed by atoms with Crippen LogP contribution in [0.1, 0.15) is 25.6 Å². The number of carbonyl (C=O) groups is 2. The first kappa shape index (κ1) is 16.2. The van der Waals surface area contributed by atoms with E-state index in [0.29, 0.717) is 11.3 Å². The van der Waals surface area contributed by atoms with Crippen LogP contribution in [0.2, 0.25) is 0 Å². The number of allylic oxidation sites excluding steroid dienone is 4. The van der Waals surface area contributed by atoms with Gasteiger partial charge in [0.2, 0.25) is 0 Å². The lowest BCUT2D eigenvalue weighted by Crippen LogP contribution is -2.36.